The third-order valence-electron chi connectivity index (χ3n) is 2.45. The van der Waals surface area contributed by atoms with Crippen molar-refractivity contribution in [2.45, 2.75) is 38.3 Å². The summed E-state index contributed by atoms with van der Waals surface area (Å²) >= 11 is 2.99. The van der Waals surface area contributed by atoms with Gasteiger partial charge in [0.05, 0.1) is 5.33 Å². The minimum atomic E-state index is -1.02. The number of halogens is 1. The van der Waals surface area contributed by atoms with Crippen LogP contribution in [0.15, 0.2) is 0 Å². The summed E-state index contributed by atoms with van der Waals surface area (Å²) in [7, 11) is 0. The number of aliphatic carboxylic acids is 1. The normalized spacial score (nSPS) is 13.4. The smallest absolute Gasteiger partial charge is 0.320 e. The molecule has 0 fully saturated rings. The van der Waals surface area contributed by atoms with Gasteiger partial charge in [-0.3, -0.25) is 14.4 Å². The lowest BCUT2D eigenvalue weighted by Crippen LogP contribution is -2.45. The van der Waals surface area contributed by atoms with E-state index < -0.39 is 18.1 Å². The molecule has 0 spiro atoms. The molecule has 0 rings (SSSR count). The van der Waals surface area contributed by atoms with E-state index in [4.69, 9.17) is 10.8 Å². The fourth-order valence-corrected chi connectivity index (χ4v) is 1.48. The van der Waals surface area contributed by atoms with Crippen molar-refractivity contribution in [3.05, 3.63) is 0 Å². The van der Waals surface area contributed by atoms with Crippen molar-refractivity contribution in [2.75, 3.05) is 11.9 Å². The van der Waals surface area contributed by atoms with E-state index in [1.165, 1.54) is 0 Å². The lowest BCUT2D eigenvalue weighted by molar-refractivity contribution is -0.138. The topological polar surface area (TPSA) is 122 Å². The molecule has 0 aromatic rings. The van der Waals surface area contributed by atoms with Crippen LogP contribution in [0.5, 0.6) is 0 Å². The van der Waals surface area contributed by atoms with Gasteiger partial charge >= 0.3 is 5.97 Å². The van der Waals surface area contributed by atoms with Crippen molar-refractivity contribution in [3.8, 4) is 0 Å². The molecule has 2 atom stereocenters. The van der Waals surface area contributed by atoms with Crippen LogP contribution in [0.4, 0.5) is 0 Å². The summed E-state index contributed by atoms with van der Waals surface area (Å²) in [5.41, 5.74) is 5.34. The number of hydrogen-bond donors (Lipinski definition) is 4. The Morgan fingerprint density at radius 2 is 1.95 bits per heavy atom. The van der Waals surface area contributed by atoms with Crippen LogP contribution in [0, 0.1) is 0 Å². The van der Waals surface area contributed by atoms with E-state index in [0.29, 0.717) is 25.8 Å². The molecular weight excluding hydrogens is 318 g/mol. The van der Waals surface area contributed by atoms with Gasteiger partial charge in [-0.05, 0) is 26.2 Å². The second-order valence-electron chi connectivity index (χ2n) is 4.15. The minimum absolute atomic E-state index is 0.150. The van der Waals surface area contributed by atoms with Gasteiger partial charge in [0.1, 0.15) is 12.1 Å². The fraction of sp³-hybridized carbons (Fsp3) is 0.727. The predicted molar refractivity (Wildman–Crippen MR) is 73.9 cm³/mol. The average Bonchev–Trinajstić information content (AvgIpc) is 2.37. The molecule has 0 heterocycles. The molecule has 0 saturated carbocycles. The summed E-state index contributed by atoms with van der Waals surface area (Å²) in [6.45, 7) is 2.02. The average molecular weight is 338 g/mol. The maximum absolute atomic E-state index is 11.5. The molecule has 110 valence electrons. The first kappa shape index (κ1) is 17.8. The summed E-state index contributed by atoms with van der Waals surface area (Å²) in [5.74, 6) is -1.54. The first-order valence-electron chi connectivity index (χ1n) is 6.00. The zero-order chi connectivity index (χ0) is 14.8. The Balaban J connectivity index is 3.68. The van der Waals surface area contributed by atoms with Crippen molar-refractivity contribution >= 4 is 33.7 Å². The van der Waals surface area contributed by atoms with E-state index in [-0.39, 0.29) is 17.1 Å². The quantitative estimate of drug-likeness (QED) is 0.336. The van der Waals surface area contributed by atoms with Crippen molar-refractivity contribution < 1.29 is 19.5 Å². The van der Waals surface area contributed by atoms with Crippen molar-refractivity contribution in [1.82, 2.24) is 10.6 Å². The molecule has 0 bridgehead atoms. The van der Waals surface area contributed by atoms with Crippen molar-refractivity contribution in [3.63, 3.8) is 0 Å². The Morgan fingerprint density at radius 3 is 2.47 bits per heavy atom. The summed E-state index contributed by atoms with van der Waals surface area (Å²) in [6.07, 6.45) is 1.64. The van der Waals surface area contributed by atoms with E-state index >= 15 is 0 Å². The largest absolute Gasteiger partial charge is 0.480 e. The number of alkyl halides is 1. The van der Waals surface area contributed by atoms with Gasteiger partial charge in [-0.2, -0.15) is 0 Å². The molecule has 0 aliphatic carbocycles. The number of rotatable bonds is 9. The summed E-state index contributed by atoms with van der Waals surface area (Å²) in [6, 6.07) is -1.45. The second-order valence-corrected chi connectivity index (χ2v) is 4.72. The number of carbonyl (C=O) groups is 3. The fourth-order valence-electron chi connectivity index (χ4n) is 1.32. The molecule has 0 aromatic carbocycles. The van der Waals surface area contributed by atoms with Gasteiger partial charge in [0.25, 0.3) is 0 Å². The van der Waals surface area contributed by atoms with Crippen LogP contribution >= 0.6 is 15.9 Å². The van der Waals surface area contributed by atoms with Crippen molar-refractivity contribution in [2.24, 2.45) is 5.73 Å². The molecule has 0 aromatic heterocycles. The van der Waals surface area contributed by atoms with E-state index in [2.05, 4.69) is 26.6 Å². The Kier molecular flexibility index (Phi) is 9.15. The van der Waals surface area contributed by atoms with Gasteiger partial charge in [0.15, 0.2) is 0 Å². The standard InChI is InChI=1S/C11H20BrN3O4/c1-7(15-9(16)6-12)10(17)14-5-3-2-4-8(13)11(18)19/h7-8H,2-6,13H2,1H3,(H,14,17)(H,15,16)(H,18,19)/t7?,8-/m0/s1. The highest BCUT2D eigenvalue weighted by atomic mass is 79.9. The highest BCUT2D eigenvalue weighted by Crippen LogP contribution is 1.98. The molecule has 1 unspecified atom stereocenters. The van der Waals surface area contributed by atoms with Gasteiger partial charge in [-0.1, -0.05) is 15.9 Å². The second kappa shape index (κ2) is 9.74. The number of carboxylic acids is 1. The van der Waals surface area contributed by atoms with Crippen LogP contribution in [-0.4, -0.2) is 46.8 Å². The van der Waals surface area contributed by atoms with Crippen LogP contribution in [0.25, 0.3) is 0 Å². The van der Waals surface area contributed by atoms with Crippen LogP contribution in [0.3, 0.4) is 0 Å². The van der Waals surface area contributed by atoms with Gasteiger partial charge in [-0.15, -0.1) is 0 Å². The lowest BCUT2D eigenvalue weighted by atomic mass is 10.1. The summed E-state index contributed by atoms with van der Waals surface area (Å²) in [4.78, 5) is 33.0. The van der Waals surface area contributed by atoms with Crippen LogP contribution in [-0.2, 0) is 14.4 Å². The zero-order valence-corrected chi connectivity index (χ0v) is 12.4. The number of carbonyl (C=O) groups excluding carboxylic acids is 2. The Bertz CT molecular complexity index is 325. The van der Waals surface area contributed by atoms with Crippen LogP contribution < -0.4 is 16.4 Å². The van der Waals surface area contributed by atoms with Gasteiger partial charge in [0, 0.05) is 6.54 Å². The number of carboxylic acid groups (broad SMARTS) is 1. The summed E-state index contributed by atoms with van der Waals surface area (Å²) < 4.78 is 0. The molecule has 0 saturated heterocycles. The molecule has 0 aliphatic heterocycles. The predicted octanol–water partition coefficient (Wildman–Crippen LogP) is -0.416. The lowest BCUT2D eigenvalue weighted by Gasteiger charge is -2.13. The zero-order valence-electron chi connectivity index (χ0n) is 10.8. The molecule has 2 amide bonds. The molecule has 0 radical (unpaired) electrons. The van der Waals surface area contributed by atoms with E-state index in [9.17, 15) is 14.4 Å². The Labute approximate surface area is 120 Å². The molecule has 8 heteroatoms. The summed E-state index contributed by atoms with van der Waals surface area (Å²) in [5, 5.41) is 13.9. The van der Waals surface area contributed by atoms with Gasteiger partial charge < -0.3 is 21.5 Å². The molecule has 5 N–H and O–H groups in total. The Morgan fingerprint density at radius 1 is 1.32 bits per heavy atom. The number of nitrogens with one attached hydrogen (secondary N) is 2. The van der Waals surface area contributed by atoms with Crippen molar-refractivity contribution in [1.29, 1.82) is 0 Å². The molecule has 19 heavy (non-hydrogen) atoms. The molecule has 7 nitrogen and oxygen atoms in total. The molecular formula is C11H20BrN3O4. The van der Waals surface area contributed by atoms with Crippen LogP contribution in [0.2, 0.25) is 0 Å². The SMILES string of the molecule is CC(NC(=O)CBr)C(=O)NCCCC[C@H](N)C(=O)O. The van der Waals surface area contributed by atoms with E-state index in [1.54, 1.807) is 6.92 Å². The third kappa shape index (κ3) is 8.55. The van der Waals surface area contributed by atoms with Crippen LogP contribution in [0.1, 0.15) is 26.2 Å². The maximum Gasteiger partial charge on any atom is 0.320 e. The monoisotopic (exact) mass is 337 g/mol. The number of unbranched alkanes of at least 4 members (excludes halogenated alkanes) is 1. The van der Waals surface area contributed by atoms with Gasteiger partial charge in [-0.25, -0.2) is 0 Å². The Hall–Kier alpha value is -1.15. The highest BCUT2D eigenvalue weighted by Gasteiger charge is 2.14. The first-order chi connectivity index (χ1) is 8.88. The number of hydrogen-bond acceptors (Lipinski definition) is 4. The maximum atomic E-state index is 11.5. The number of amides is 2. The number of nitrogens with two attached hydrogens (primary N) is 1. The first-order valence-corrected chi connectivity index (χ1v) is 7.12. The highest BCUT2D eigenvalue weighted by molar-refractivity contribution is 9.09. The third-order valence-corrected chi connectivity index (χ3v) is 2.96. The molecule has 0 aliphatic rings. The van der Waals surface area contributed by atoms with Gasteiger partial charge in [0.2, 0.25) is 11.8 Å². The van der Waals surface area contributed by atoms with E-state index in [0.717, 1.165) is 0 Å². The minimum Gasteiger partial charge on any atom is -0.480 e. The van der Waals surface area contributed by atoms with E-state index in [1.807, 2.05) is 0 Å².